The third kappa shape index (κ3) is 4.22. The van der Waals surface area contributed by atoms with Crippen molar-refractivity contribution in [3.05, 3.63) is 23.8 Å². The van der Waals surface area contributed by atoms with Crippen molar-refractivity contribution in [3.8, 4) is 17.6 Å². The van der Waals surface area contributed by atoms with Crippen molar-refractivity contribution in [2.24, 2.45) is 10.2 Å². The number of amides is 1. The summed E-state index contributed by atoms with van der Waals surface area (Å²) in [5.41, 5.74) is 0.759. The Bertz CT molecular complexity index is 637. The summed E-state index contributed by atoms with van der Waals surface area (Å²) in [4.78, 5) is 11.0. The average Bonchev–Trinajstić information content (AvgIpc) is 2.91. The van der Waals surface area contributed by atoms with Crippen LogP contribution >= 0.6 is 11.8 Å². The van der Waals surface area contributed by atoms with Crippen molar-refractivity contribution in [2.75, 3.05) is 19.5 Å². The summed E-state index contributed by atoms with van der Waals surface area (Å²) in [6.07, 6.45) is 1.54. The molecular weight excluding hydrogens is 292 g/mol. The number of nitrogens with zero attached hydrogens (tertiary/aromatic N) is 3. The van der Waals surface area contributed by atoms with Crippen molar-refractivity contribution in [1.29, 1.82) is 5.26 Å². The van der Waals surface area contributed by atoms with Crippen LogP contribution in [0.1, 0.15) is 5.56 Å². The van der Waals surface area contributed by atoms with Crippen LogP contribution in [-0.4, -0.2) is 36.8 Å². The molecule has 1 N–H and O–H groups in total. The molecule has 1 aromatic rings. The number of nitrogens with one attached hydrogen (secondary N) is 1. The molecule has 0 saturated carbocycles. The second-order valence-electron chi connectivity index (χ2n) is 3.84. The molecule has 0 radical (unpaired) electrons. The second-order valence-corrected chi connectivity index (χ2v) is 4.81. The number of ether oxygens (including phenoxy) is 2. The summed E-state index contributed by atoms with van der Waals surface area (Å²) >= 11 is 1.31. The average molecular weight is 304 g/mol. The van der Waals surface area contributed by atoms with E-state index in [0.717, 1.165) is 5.56 Å². The highest BCUT2D eigenvalue weighted by Gasteiger charge is 2.15. The normalized spacial score (nSPS) is 16.0. The van der Waals surface area contributed by atoms with E-state index >= 15 is 0 Å². The van der Waals surface area contributed by atoms with Gasteiger partial charge in [-0.3, -0.25) is 4.79 Å². The van der Waals surface area contributed by atoms with E-state index in [1.165, 1.54) is 25.1 Å². The highest BCUT2D eigenvalue weighted by atomic mass is 32.2. The maximum atomic E-state index is 11.0. The predicted molar refractivity (Wildman–Crippen MR) is 79.7 cm³/mol. The van der Waals surface area contributed by atoms with Crippen LogP contribution in [0.25, 0.3) is 0 Å². The van der Waals surface area contributed by atoms with Crippen molar-refractivity contribution in [2.45, 2.75) is 0 Å². The van der Waals surface area contributed by atoms with E-state index in [0.29, 0.717) is 22.4 Å². The Balaban J connectivity index is 2.07. The van der Waals surface area contributed by atoms with Crippen molar-refractivity contribution in [3.63, 3.8) is 0 Å². The van der Waals surface area contributed by atoms with Crippen LogP contribution in [0.2, 0.25) is 0 Å². The van der Waals surface area contributed by atoms with Gasteiger partial charge < -0.3 is 14.8 Å². The van der Waals surface area contributed by atoms with E-state index < -0.39 is 0 Å². The van der Waals surface area contributed by atoms with Gasteiger partial charge >= 0.3 is 0 Å². The highest BCUT2D eigenvalue weighted by Crippen LogP contribution is 2.27. The molecule has 21 heavy (non-hydrogen) atoms. The van der Waals surface area contributed by atoms with Crippen LogP contribution in [0.5, 0.6) is 11.5 Å². The number of methoxy groups -OCH3 is 1. The van der Waals surface area contributed by atoms with Gasteiger partial charge in [-0.2, -0.15) is 10.4 Å². The zero-order chi connectivity index (χ0) is 15.1. The Labute approximate surface area is 125 Å². The van der Waals surface area contributed by atoms with E-state index in [4.69, 9.17) is 14.7 Å². The van der Waals surface area contributed by atoms with Crippen LogP contribution in [0.4, 0.5) is 0 Å². The van der Waals surface area contributed by atoms with Gasteiger partial charge in [0.2, 0.25) is 5.91 Å². The fourth-order valence-corrected chi connectivity index (χ4v) is 2.15. The fourth-order valence-electron chi connectivity index (χ4n) is 1.52. The van der Waals surface area contributed by atoms with Crippen LogP contribution in [0.3, 0.4) is 0 Å². The Morgan fingerprint density at radius 1 is 1.52 bits per heavy atom. The second kappa shape index (κ2) is 7.31. The van der Waals surface area contributed by atoms with Gasteiger partial charge in [-0.15, -0.1) is 5.10 Å². The number of benzene rings is 1. The molecule has 1 aliphatic rings. The molecule has 1 saturated heterocycles. The lowest BCUT2D eigenvalue weighted by Gasteiger charge is -2.08. The predicted octanol–water partition coefficient (Wildman–Crippen LogP) is 1.15. The Morgan fingerprint density at radius 2 is 2.38 bits per heavy atom. The maximum absolute atomic E-state index is 11.0. The Morgan fingerprint density at radius 3 is 3.05 bits per heavy atom. The zero-order valence-electron chi connectivity index (χ0n) is 11.2. The number of carbonyl (C=O) groups excluding carboxylic acids is 1. The number of rotatable bonds is 5. The SMILES string of the molecule is COc1cc(C=NN=C2NC(=O)CS2)ccc1OCC#N. The lowest BCUT2D eigenvalue weighted by atomic mass is 10.2. The summed E-state index contributed by atoms with van der Waals surface area (Å²) in [5.74, 6) is 1.29. The molecule has 0 unspecified atom stereocenters. The van der Waals surface area contributed by atoms with E-state index in [9.17, 15) is 4.79 Å². The number of thioether (sulfide) groups is 1. The quantitative estimate of drug-likeness (QED) is 0.650. The number of nitriles is 1. The molecule has 1 heterocycles. The van der Waals surface area contributed by atoms with Gasteiger partial charge in [-0.25, -0.2) is 0 Å². The third-order valence-corrected chi connectivity index (χ3v) is 3.29. The van der Waals surface area contributed by atoms with Gasteiger partial charge in [0.15, 0.2) is 23.3 Å². The van der Waals surface area contributed by atoms with E-state index in [2.05, 4.69) is 15.5 Å². The molecule has 1 aromatic carbocycles. The molecule has 0 bridgehead atoms. The molecule has 1 fully saturated rings. The lowest BCUT2D eigenvalue weighted by Crippen LogP contribution is -2.19. The molecule has 0 atom stereocenters. The minimum atomic E-state index is -0.0744. The third-order valence-electron chi connectivity index (χ3n) is 2.42. The molecule has 1 amide bonds. The maximum Gasteiger partial charge on any atom is 0.236 e. The first-order valence-corrected chi connectivity index (χ1v) is 6.93. The Kier molecular flexibility index (Phi) is 5.17. The van der Waals surface area contributed by atoms with Gasteiger partial charge in [-0.1, -0.05) is 11.8 Å². The van der Waals surface area contributed by atoms with Crippen LogP contribution < -0.4 is 14.8 Å². The fraction of sp³-hybridized carbons (Fsp3) is 0.231. The first kappa shape index (κ1) is 14.9. The van der Waals surface area contributed by atoms with Gasteiger partial charge in [-0.05, 0) is 23.8 Å². The zero-order valence-corrected chi connectivity index (χ0v) is 12.0. The largest absolute Gasteiger partial charge is 0.493 e. The van der Waals surface area contributed by atoms with Gasteiger partial charge in [0.25, 0.3) is 0 Å². The molecule has 2 rings (SSSR count). The smallest absolute Gasteiger partial charge is 0.236 e. The molecule has 0 aromatic heterocycles. The number of carbonyl (C=O) groups is 1. The van der Waals surface area contributed by atoms with Gasteiger partial charge in [0, 0.05) is 0 Å². The van der Waals surface area contributed by atoms with Crippen LogP contribution in [0.15, 0.2) is 28.4 Å². The molecule has 1 aliphatic heterocycles. The molecule has 108 valence electrons. The first-order chi connectivity index (χ1) is 10.2. The topological polar surface area (TPSA) is 96.1 Å². The summed E-state index contributed by atoms with van der Waals surface area (Å²) < 4.78 is 10.4. The minimum Gasteiger partial charge on any atom is -0.493 e. The minimum absolute atomic E-state index is 0.0473. The number of hydrogen-bond acceptors (Lipinski definition) is 7. The summed E-state index contributed by atoms with van der Waals surface area (Å²) in [6, 6.07) is 7.07. The highest BCUT2D eigenvalue weighted by molar-refractivity contribution is 8.15. The number of amidine groups is 1. The van der Waals surface area contributed by atoms with Crippen molar-refractivity contribution < 1.29 is 14.3 Å². The first-order valence-electron chi connectivity index (χ1n) is 5.94. The standard InChI is InChI=1S/C13H12N4O3S/c1-19-11-6-9(2-3-10(11)20-5-4-14)7-15-17-13-16-12(18)8-21-13/h2-3,6-7H,5,8H2,1H3,(H,16,17,18). The molecule has 0 spiro atoms. The molecule has 7 nitrogen and oxygen atoms in total. The van der Waals surface area contributed by atoms with E-state index in [-0.39, 0.29) is 12.5 Å². The van der Waals surface area contributed by atoms with Crippen molar-refractivity contribution in [1.82, 2.24) is 5.32 Å². The summed E-state index contributed by atoms with van der Waals surface area (Å²) in [6.45, 7) is -0.0473. The van der Waals surface area contributed by atoms with Gasteiger partial charge in [0.1, 0.15) is 6.07 Å². The summed E-state index contributed by atoms with van der Waals surface area (Å²) in [7, 11) is 1.51. The molecule has 0 aliphatic carbocycles. The molecular formula is C13H12N4O3S. The monoisotopic (exact) mass is 304 g/mol. The van der Waals surface area contributed by atoms with Gasteiger partial charge in [0.05, 0.1) is 19.1 Å². The number of hydrogen-bond donors (Lipinski definition) is 1. The van der Waals surface area contributed by atoms with Crippen LogP contribution in [0, 0.1) is 11.3 Å². The lowest BCUT2D eigenvalue weighted by molar-refractivity contribution is -0.116. The Hall–Kier alpha value is -2.53. The molecule has 8 heteroatoms. The van der Waals surface area contributed by atoms with Crippen molar-refractivity contribution >= 4 is 29.1 Å². The van der Waals surface area contributed by atoms with E-state index in [1.807, 2.05) is 6.07 Å². The van der Waals surface area contributed by atoms with E-state index in [1.54, 1.807) is 18.2 Å². The summed E-state index contributed by atoms with van der Waals surface area (Å²) in [5, 5.41) is 19.4. The van der Waals surface area contributed by atoms with Crippen LogP contribution in [-0.2, 0) is 4.79 Å².